The van der Waals surface area contributed by atoms with E-state index >= 15 is 0 Å². The van der Waals surface area contributed by atoms with Crippen molar-refractivity contribution in [1.29, 1.82) is 0 Å². The molecule has 0 aliphatic carbocycles. The Kier molecular flexibility index (Phi) is 5.10. The highest BCUT2D eigenvalue weighted by Crippen LogP contribution is 2.32. The first-order valence-electron chi connectivity index (χ1n) is 7.19. The van der Waals surface area contributed by atoms with Crippen LogP contribution in [-0.4, -0.2) is 30.7 Å². The molecule has 5 heteroatoms. The summed E-state index contributed by atoms with van der Waals surface area (Å²) in [6.07, 6.45) is 3.54. The molecule has 2 atom stereocenters. The molecule has 0 aromatic heterocycles. The van der Waals surface area contributed by atoms with Gasteiger partial charge in [-0.3, -0.25) is 0 Å². The van der Waals surface area contributed by atoms with E-state index in [9.17, 15) is 8.42 Å². The van der Waals surface area contributed by atoms with E-state index in [0.717, 1.165) is 31.2 Å². The molecule has 3 nitrogen and oxygen atoms in total. The highest BCUT2D eigenvalue weighted by molar-refractivity contribution is 7.89. The Hall–Kier alpha value is -0.580. The van der Waals surface area contributed by atoms with Crippen molar-refractivity contribution in [2.45, 2.75) is 56.5 Å². The monoisotopic (exact) mass is 315 g/mol. The van der Waals surface area contributed by atoms with Crippen molar-refractivity contribution in [2.75, 3.05) is 5.88 Å². The Balaban J connectivity index is 2.29. The minimum atomic E-state index is -3.38. The van der Waals surface area contributed by atoms with Crippen LogP contribution in [0.2, 0.25) is 0 Å². The Bertz CT molecular complexity index is 541. The van der Waals surface area contributed by atoms with E-state index < -0.39 is 10.0 Å². The average Bonchev–Trinajstić information content (AvgIpc) is 2.81. The quantitative estimate of drug-likeness (QED) is 0.781. The number of halogens is 1. The van der Waals surface area contributed by atoms with E-state index in [-0.39, 0.29) is 12.1 Å². The van der Waals surface area contributed by atoms with Gasteiger partial charge in [-0.2, -0.15) is 4.31 Å². The molecule has 0 radical (unpaired) electrons. The summed E-state index contributed by atoms with van der Waals surface area (Å²) in [5.41, 5.74) is 1.07. The molecule has 2 unspecified atom stereocenters. The Labute approximate surface area is 127 Å². The van der Waals surface area contributed by atoms with Gasteiger partial charge in [0, 0.05) is 18.0 Å². The van der Waals surface area contributed by atoms with Crippen LogP contribution in [0.4, 0.5) is 0 Å². The molecule has 0 amide bonds. The van der Waals surface area contributed by atoms with Gasteiger partial charge in [0.1, 0.15) is 0 Å². The van der Waals surface area contributed by atoms with Crippen LogP contribution in [0.15, 0.2) is 29.2 Å². The summed E-state index contributed by atoms with van der Waals surface area (Å²) < 4.78 is 27.3. The van der Waals surface area contributed by atoms with Crippen LogP contribution in [0.1, 0.15) is 38.7 Å². The number of hydrogen-bond donors (Lipinski definition) is 0. The summed E-state index contributed by atoms with van der Waals surface area (Å²) >= 11 is 5.70. The lowest BCUT2D eigenvalue weighted by Gasteiger charge is -2.27. The highest BCUT2D eigenvalue weighted by atomic mass is 35.5. The fraction of sp³-hybridized carbons (Fsp3) is 0.600. The third kappa shape index (κ3) is 3.02. The molecular formula is C15H22ClNO2S. The number of rotatable bonds is 5. The predicted octanol–water partition coefficient (Wildman–Crippen LogP) is 3.42. The van der Waals surface area contributed by atoms with Crippen molar-refractivity contribution in [1.82, 2.24) is 4.31 Å². The molecule has 112 valence electrons. The smallest absolute Gasteiger partial charge is 0.207 e. The standard InChI is InChI=1S/C15H22ClNO2S/c1-3-14-7-4-12(2)17(14)20(18,19)15-8-5-13(6-9-15)10-11-16/h5-6,8-9,12,14H,3-4,7,10-11H2,1-2H3. The van der Waals surface area contributed by atoms with Crippen LogP contribution in [0.3, 0.4) is 0 Å². The third-order valence-electron chi connectivity index (χ3n) is 4.07. The minimum absolute atomic E-state index is 0.0902. The van der Waals surface area contributed by atoms with Crippen molar-refractivity contribution in [3.05, 3.63) is 29.8 Å². The zero-order chi connectivity index (χ0) is 14.8. The Morgan fingerprint density at radius 1 is 1.25 bits per heavy atom. The zero-order valence-electron chi connectivity index (χ0n) is 12.0. The number of aryl methyl sites for hydroxylation is 1. The normalized spacial score (nSPS) is 24.1. The van der Waals surface area contributed by atoms with Gasteiger partial charge in [-0.05, 0) is 50.3 Å². The first kappa shape index (κ1) is 15.8. The number of hydrogen-bond acceptors (Lipinski definition) is 2. The summed E-state index contributed by atoms with van der Waals surface area (Å²) in [6.45, 7) is 4.05. The maximum Gasteiger partial charge on any atom is 0.243 e. The fourth-order valence-electron chi connectivity index (χ4n) is 2.92. The maximum atomic E-state index is 12.8. The molecule has 2 rings (SSSR count). The fourth-order valence-corrected chi connectivity index (χ4v) is 5.09. The number of alkyl halides is 1. The van der Waals surface area contributed by atoms with E-state index in [1.54, 1.807) is 16.4 Å². The van der Waals surface area contributed by atoms with E-state index in [4.69, 9.17) is 11.6 Å². The summed E-state index contributed by atoms with van der Waals surface area (Å²) in [7, 11) is -3.38. The second-order valence-electron chi connectivity index (χ2n) is 5.41. The van der Waals surface area contributed by atoms with Gasteiger partial charge in [0.2, 0.25) is 10.0 Å². The average molecular weight is 316 g/mol. The van der Waals surface area contributed by atoms with Crippen molar-refractivity contribution in [2.24, 2.45) is 0 Å². The third-order valence-corrected chi connectivity index (χ3v) is 6.34. The first-order chi connectivity index (χ1) is 9.50. The van der Waals surface area contributed by atoms with Gasteiger partial charge in [-0.1, -0.05) is 19.1 Å². The second-order valence-corrected chi connectivity index (χ2v) is 7.63. The number of benzene rings is 1. The lowest BCUT2D eigenvalue weighted by atomic mass is 10.2. The van der Waals surface area contributed by atoms with Crippen molar-refractivity contribution < 1.29 is 8.42 Å². The van der Waals surface area contributed by atoms with Crippen LogP contribution in [0.25, 0.3) is 0 Å². The van der Waals surface area contributed by atoms with E-state index in [2.05, 4.69) is 6.92 Å². The van der Waals surface area contributed by atoms with Gasteiger partial charge in [0.15, 0.2) is 0 Å². The van der Waals surface area contributed by atoms with E-state index in [0.29, 0.717) is 10.8 Å². The van der Waals surface area contributed by atoms with Crippen molar-refractivity contribution in [3.8, 4) is 0 Å². The van der Waals surface area contributed by atoms with Gasteiger partial charge in [-0.25, -0.2) is 8.42 Å². The molecule has 0 bridgehead atoms. The van der Waals surface area contributed by atoms with Gasteiger partial charge in [0.25, 0.3) is 0 Å². The molecule has 1 aromatic carbocycles. The van der Waals surface area contributed by atoms with Crippen LogP contribution in [0.5, 0.6) is 0 Å². The largest absolute Gasteiger partial charge is 0.243 e. The Morgan fingerprint density at radius 2 is 1.90 bits per heavy atom. The van der Waals surface area contributed by atoms with Gasteiger partial charge in [0.05, 0.1) is 4.90 Å². The second kappa shape index (κ2) is 6.46. The SMILES string of the molecule is CCC1CCC(C)N1S(=O)(=O)c1ccc(CCCl)cc1. The molecule has 1 heterocycles. The molecule has 1 fully saturated rings. The molecular weight excluding hydrogens is 294 g/mol. The molecule has 1 aromatic rings. The van der Waals surface area contributed by atoms with Crippen LogP contribution in [0, 0.1) is 0 Å². The van der Waals surface area contributed by atoms with Gasteiger partial charge in [-0.15, -0.1) is 11.6 Å². The Morgan fingerprint density at radius 3 is 2.45 bits per heavy atom. The zero-order valence-corrected chi connectivity index (χ0v) is 13.6. The van der Waals surface area contributed by atoms with Crippen LogP contribution >= 0.6 is 11.6 Å². The molecule has 0 saturated carbocycles. The summed E-state index contributed by atoms with van der Waals surface area (Å²) in [6, 6.07) is 7.35. The molecule has 0 N–H and O–H groups in total. The summed E-state index contributed by atoms with van der Waals surface area (Å²) in [4.78, 5) is 0.392. The lowest BCUT2D eigenvalue weighted by molar-refractivity contribution is 0.328. The molecule has 1 aliphatic heterocycles. The molecule has 20 heavy (non-hydrogen) atoms. The number of sulfonamides is 1. The van der Waals surface area contributed by atoms with Crippen LogP contribution in [-0.2, 0) is 16.4 Å². The van der Waals surface area contributed by atoms with Crippen LogP contribution < -0.4 is 0 Å². The molecule has 1 aliphatic rings. The minimum Gasteiger partial charge on any atom is -0.207 e. The van der Waals surface area contributed by atoms with Crippen molar-refractivity contribution >= 4 is 21.6 Å². The van der Waals surface area contributed by atoms with E-state index in [1.807, 2.05) is 19.1 Å². The maximum absolute atomic E-state index is 12.8. The summed E-state index contributed by atoms with van der Waals surface area (Å²) in [5, 5.41) is 0. The van der Waals surface area contributed by atoms with Gasteiger partial charge >= 0.3 is 0 Å². The van der Waals surface area contributed by atoms with Gasteiger partial charge < -0.3 is 0 Å². The lowest BCUT2D eigenvalue weighted by Crippen LogP contribution is -2.39. The summed E-state index contributed by atoms with van der Waals surface area (Å²) in [5.74, 6) is 0.549. The van der Waals surface area contributed by atoms with E-state index in [1.165, 1.54) is 0 Å². The first-order valence-corrected chi connectivity index (χ1v) is 9.16. The highest BCUT2D eigenvalue weighted by Gasteiger charge is 2.38. The number of nitrogens with zero attached hydrogens (tertiary/aromatic N) is 1. The topological polar surface area (TPSA) is 37.4 Å². The molecule has 0 spiro atoms. The molecule has 1 saturated heterocycles. The van der Waals surface area contributed by atoms with Crippen molar-refractivity contribution in [3.63, 3.8) is 0 Å². The predicted molar refractivity (Wildman–Crippen MR) is 82.7 cm³/mol.